The summed E-state index contributed by atoms with van der Waals surface area (Å²) in [6.07, 6.45) is 2.64. The molecule has 1 fully saturated rings. The smallest absolute Gasteiger partial charge is 0.0991 e. The Kier molecular flexibility index (Phi) is 2.39. The van der Waals surface area contributed by atoms with Crippen molar-refractivity contribution in [3.8, 4) is 6.07 Å². The van der Waals surface area contributed by atoms with Crippen LogP contribution in [0.2, 0.25) is 0 Å². The van der Waals surface area contributed by atoms with Gasteiger partial charge in [0.15, 0.2) is 0 Å². The second-order valence-corrected chi connectivity index (χ2v) is 4.45. The van der Waals surface area contributed by atoms with E-state index in [1.165, 1.54) is 12.0 Å². The van der Waals surface area contributed by atoms with Crippen LogP contribution in [-0.2, 0) is 11.3 Å². The highest BCUT2D eigenvalue weighted by Gasteiger charge is 2.32. The first-order valence-corrected chi connectivity index (χ1v) is 5.76. The quantitative estimate of drug-likeness (QED) is 0.717. The first-order chi connectivity index (χ1) is 7.88. The van der Waals surface area contributed by atoms with Crippen LogP contribution in [0, 0.1) is 11.3 Å². The number of fused-ring (bicyclic) bond motifs is 3. The predicted molar refractivity (Wildman–Crippen MR) is 59.7 cm³/mol. The number of ether oxygens (including phenoxy) is 1. The maximum Gasteiger partial charge on any atom is 0.0991 e. The molecule has 2 aliphatic rings. The fourth-order valence-electron chi connectivity index (χ4n) is 2.65. The first-order valence-electron chi connectivity index (χ1n) is 5.76. The molecule has 3 nitrogen and oxygen atoms in total. The standard InChI is InChI=1S/C13H14N2O/c14-7-9-3-4-11-10(6-9)8-16-12-2-1-5-15-13(11)12/h3-4,6,12-13,15H,1-2,5,8H2/t12-,13-/m0/s1. The molecule has 2 aliphatic heterocycles. The van der Waals surface area contributed by atoms with Gasteiger partial charge in [-0.1, -0.05) is 6.07 Å². The third kappa shape index (κ3) is 1.51. The Morgan fingerprint density at radius 3 is 3.25 bits per heavy atom. The van der Waals surface area contributed by atoms with Gasteiger partial charge in [-0.25, -0.2) is 0 Å². The number of nitriles is 1. The van der Waals surface area contributed by atoms with E-state index in [0.717, 1.165) is 24.1 Å². The van der Waals surface area contributed by atoms with Crippen molar-refractivity contribution in [3.05, 3.63) is 34.9 Å². The molecule has 2 atom stereocenters. The van der Waals surface area contributed by atoms with Crippen LogP contribution in [0.4, 0.5) is 0 Å². The monoisotopic (exact) mass is 214 g/mol. The van der Waals surface area contributed by atoms with E-state index in [-0.39, 0.29) is 0 Å². The molecule has 0 aliphatic carbocycles. The third-order valence-electron chi connectivity index (χ3n) is 3.46. The number of piperidine rings is 1. The van der Waals surface area contributed by atoms with Crippen molar-refractivity contribution in [1.29, 1.82) is 5.26 Å². The molecule has 0 radical (unpaired) electrons. The zero-order valence-corrected chi connectivity index (χ0v) is 9.07. The van der Waals surface area contributed by atoms with Gasteiger partial charge in [0, 0.05) is 0 Å². The summed E-state index contributed by atoms with van der Waals surface area (Å²) < 4.78 is 5.84. The van der Waals surface area contributed by atoms with Gasteiger partial charge in [-0.05, 0) is 42.6 Å². The molecular weight excluding hydrogens is 200 g/mol. The van der Waals surface area contributed by atoms with Crippen LogP contribution >= 0.6 is 0 Å². The highest BCUT2D eigenvalue weighted by molar-refractivity contribution is 5.40. The number of nitrogens with one attached hydrogen (secondary N) is 1. The zero-order valence-electron chi connectivity index (χ0n) is 9.07. The van der Waals surface area contributed by atoms with Gasteiger partial charge in [-0.15, -0.1) is 0 Å². The van der Waals surface area contributed by atoms with Crippen LogP contribution in [0.25, 0.3) is 0 Å². The zero-order chi connectivity index (χ0) is 11.0. The van der Waals surface area contributed by atoms with E-state index in [1.54, 1.807) is 0 Å². The van der Waals surface area contributed by atoms with Gasteiger partial charge in [0.2, 0.25) is 0 Å². The molecular formula is C13H14N2O. The van der Waals surface area contributed by atoms with Crippen molar-refractivity contribution in [2.24, 2.45) is 0 Å². The normalized spacial score (nSPS) is 27.7. The summed E-state index contributed by atoms with van der Waals surface area (Å²) in [6.45, 7) is 1.71. The molecule has 0 spiro atoms. The average Bonchev–Trinajstić information content (AvgIpc) is 2.38. The largest absolute Gasteiger partial charge is 0.372 e. The molecule has 1 aromatic carbocycles. The summed E-state index contributed by atoms with van der Waals surface area (Å²) in [4.78, 5) is 0. The molecule has 0 bridgehead atoms. The van der Waals surface area contributed by atoms with Crippen LogP contribution in [0.5, 0.6) is 0 Å². The molecule has 0 amide bonds. The van der Waals surface area contributed by atoms with Gasteiger partial charge in [0.25, 0.3) is 0 Å². The van der Waals surface area contributed by atoms with E-state index in [2.05, 4.69) is 17.5 Å². The van der Waals surface area contributed by atoms with Gasteiger partial charge in [0.1, 0.15) is 0 Å². The topological polar surface area (TPSA) is 45.0 Å². The molecule has 1 N–H and O–H groups in total. The predicted octanol–water partition coefficient (Wildman–Crippen LogP) is 1.88. The Bertz CT molecular complexity index is 450. The lowest BCUT2D eigenvalue weighted by atomic mass is 9.88. The van der Waals surface area contributed by atoms with Crippen LogP contribution in [0.1, 0.15) is 35.6 Å². The van der Waals surface area contributed by atoms with Gasteiger partial charge < -0.3 is 10.1 Å². The highest BCUT2D eigenvalue weighted by Crippen LogP contribution is 2.34. The van der Waals surface area contributed by atoms with E-state index < -0.39 is 0 Å². The minimum absolute atomic E-state index is 0.314. The van der Waals surface area contributed by atoms with Crippen molar-refractivity contribution < 1.29 is 4.74 Å². The van der Waals surface area contributed by atoms with Crippen molar-refractivity contribution in [2.75, 3.05) is 6.54 Å². The van der Waals surface area contributed by atoms with E-state index in [0.29, 0.717) is 18.8 Å². The van der Waals surface area contributed by atoms with E-state index in [4.69, 9.17) is 10.00 Å². The number of hydrogen-bond acceptors (Lipinski definition) is 3. The second kappa shape index (κ2) is 3.89. The average molecular weight is 214 g/mol. The summed E-state index contributed by atoms with van der Waals surface area (Å²) in [5.41, 5.74) is 3.20. The summed E-state index contributed by atoms with van der Waals surface area (Å²) in [5.74, 6) is 0. The second-order valence-electron chi connectivity index (χ2n) is 4.45. The molecule has 16 heavy (non-hydrogen) atoms. The lowest BCUT2D eigenvalue weighted by Gasteiger charge is -2.37. The van der Waals surface area contributed by atoms with Gasteiger partial charge in [-0.2, -0.15) is 5.26 Å². The Hall–Kier alpha value is -1.37. The number of nitrogens with zero attached hydrogens (tertiary/aromatic N) is 1. The van der Waals surface area contributed by atoms with Gasteiger partial charge in [0.05, 0.1) is 30.4 Å². The Balaban J connectivity index is 1.99. The Morgan fingerprint density at radius 1 is 1.44 bits per heavy atom. The Morgan fingerprint density at radius 2 is 2.38 bits per heavy atom. The Labute approximate surface area is 95.0 Å². The SMILES string of the molecule is N#Cc1ccc2c(c1)CO[C@H]1CCCN[C@@H]21. The van der Waals surface area contributed by atoms with Crippen molar-refractivity contribution >= 4 is 0 Å². The fraction of sp³-hybridized carbons (Fsp3) is 0.462. The molecule has 0 saturated carbocycles. The maximum absolute atomic E-state index is 8.87. The van der Waals surface area contributed by atoms with Gasteiger partial charge >= 0.3 is 0 Å². The molecule has 1 saturated heterocycles. The van der Waals surface area contributed by atoms with Crippen molar-refractivity contribution in [2.45, 2.75) is 31.6 Å². The maximum atomic E-state index is 8.87. The van der Waals surface area contributed by atoms with E-state index in [9.17, 15) is 0 Å². The van der Waals surface area contributed by atoms with E-state index in [1.807, 2.05) is 12.1 Å². The molecule has 2 heterocycles. The molecule has 1 aromatic rings. The first kappa shape index (κ1) is 9.83. The summed E-state index contributed by atoms with van der Waals surface area (Å²) in [5, 5.41) is 12.4. The number of rotatable bonds is 0. The lowest BCUT2D eigenvalue weighted by molar-refractivity contribution is -0.0177. The number of benzene rings is 1. The summed E-state index contributed by atoms with van der Waals surface area (Å²) >= 11 is 0. The minimum atomic E-state index is 0.314. The third-order valence-corrected chi connectivity index (χ3v) is 3.46. The lowest BCUT2D eigenvalue weighted by Crippen LogP contribution is -2.42. The summed E-state index contributed by atoms with van der Waals surface area (Å²) in [6, 6.07) is 8.42. The van der Waals surface area contributed by atoms with Crippen molar-refractivity contribution in [3.63, 3.8) is 0 Å². The fourth-order valence-corrected chi connectivity index (χ4v) is 2.65. The van der Waals surface area contributed by atoms with Crippen LogP contribution in [0.15, 0.2) is 18.2 Å². The molecule has 3 rings (SSSR count). The number of hydrogen-bond donors (Lipinski definition) is 1. The summed E-state index contributed by atoms with van der Waals surface area (Å²) in [7, 11) is 0. The molecule has 0 aromatic heterocycles. The van der Waals surface area contributed by atoms with Gasteiger partial charge in [-0.3, -0.25) is 0 Å². The molecule has 0 unspecified atom stereocenters. The van der Waals surface area contributed by atoms with Crippen LogP contribution in [-0.4, -0.2) is 12.6 Å². The molecule has 82 valence electrons. The molecule has 3 heteroatoms. The van der Waals surface area contributed by atoms with E-state index >= 15 is 0 Å². The highest BCUT2D eigenvalue weighted by atomic mass is 16.5. The van der Waals surface area contributed by atoms with Crippen molar-refractivity contribution in [1.82, 2.24) is 5.32 Å². The van der Waals surface area contributed by atoms with Crippen LogP contribution < -0.4 is 5.32 Å². The minimum Gasteiger partial charge on any atom is -0.372 e. The van der Waals surface area contributed by atoms with Crippen LogP contribution in [0.3, 0.4) is 0 Å².